The normalized spacial score (nSPS) is 10.9. The maximum atomic E-state index is 13.7. The van der Waals surface area contributed by atoms with Crippen LogP contribution in [0.4, 0.5) is 18.9 Å². The molecule has 0 aliphatic heterocycles. The Bertz CT molecular complexity index is 1190. The molecule has 0 aliphatic rings. The van der Waals surface area contributed by atoms with E-state index < -0.39 is 47.1 Å². The molecule has 3 aromatic rings. The molecule has 0 unspecified atom stereocenters. The Kier molecular flexibility index (Phi) is 5.39. The lowest BCUT2D eigenvalue weighted by Gasteiger charge is -2.09. The molecule has 1 N–H and O–H groups in total. The average Bonchev–Trinajstić information content (AvgIpc) is 3.01. The van der Waals surface area contributed by atoms with Gasteiger partial charge in [-0.1, -0.05) is 0 Å². The highest BCUT2D eigenvalue weighted by molar-refractivity contribution is 6.03. The van der Waals surface area contributed by atoms with Gasteiger partial charge in [0, 0.05) is 0 Å². The van der Waals surface area contributed by atoms with Crippen LogP contribution >= 0.6 is 0 Å². The standard InChI is InChI=1S/C18H14F3N3O5/c1-3-28-18(27)12-8(2)29-16-13(12)17(26)24(7-22-16)6-11(25)23-10-5-4-9(19)14(20)15(10)21/h4-5,7H,3,6H2,1-2H3,(H,23,25). The number of amides is 1. The highest BCUT2D eigenvalue weighted by Gasteiger charge is 2.24. The number of benzene rings is 1. The van der Waals surface area contributed by atoms with Crippen molar-refractivity contribution in [1.82, 2.24) is 9.55 Å². The number of carbonyl (C=O) groups is 2. The van der Waals surface area contributed by atoms with Crippen molar-refractivity contribution in [2.24, 2.45) is 0 Å². The van der Waals surface area contributed by atoms with Gasteiger partial charge in [0.15, 0.2) is 17.5 Å². The number of esters is 1. The molecule has 2 heterocycles. The van der Waals surface area contributed by atoms with Crippen molar-refractivity contribution in [3.8, 4) is 0 Å². The fraction of sp³-hybridized carbons (Fsp3) is 0.222. The number of nitrogens with one attached hydrogen (secondary N) is 1. The van der Waals surface area contributed by atoms with Gasteiger partial charge in [0.05, 0.1) is 12.3 Å². The van der Waals surface area contributed by atoms with E-state index in [0.29, 0.717) is 6.07 Å². The van der Waals surface area contributed by atoms with Crippen molar-refractivity contribution in [1.29, 1.82) is 0 Å². The molecule has 152 valence electrons. The first kappa shape index (κ1) is 20.1. The SMILES string of the molecule is CCOC(=O)c1c(C)oc2ncn(CC(=O)Nc3ccc(F)c(F)c3F)c(=O)c12. The van der Waals surface area contributed by atoms with Crippen molar-refractivity contribution in [3.05, 3.63) is 57.6 Å². The molecule has 0 fully saturated rings. The van der Waals surface area contributed by atoms with E-state index in [1.54, 1.807) is 6.92 Å². The van der Waals surface area contributed by atoms with E-state index >= 15 is 0 Å². The van der Waals surface area contributed by atoms with E-state index in [1.807, 2.05) is 5.32 Å². The molecule has 0 atom stereocenters. The topological polar surface area (TPSA) is 103 Å². The number of ether oxygens (including phenoxy) is 1. The quantitative estimate of drug-likeness (QED) is 0.513. The third kappa shape index (κ3) is 3.71. The number of aromatic nitrogens is 2. The summed E-state index contributed by atoms with van der Waals surface area (Å²) in [5.74, 6) is -6.29. The number of nitrogens with zero attached hydrogens (tertiary/aromatic N) is 2. The maximum absolute atomic E-state index is 13.7. The first-order chi connectivity index (χ1) is 13.7. The van der Waals surface area contributed by atoms with Crippen LogP contribution in [0, 0.1) is 24.4 Å². The lowest BCUT2D eigenvalue weighted by Crippen LogP contribution is -2.28. The molecule has 0 saturated carbocycles. The second kappa shape index (κ2) is 7.78. The third-order valence-electron chi connectivity index (χ3n) is 3.96. The van der Waals surface area contributed by atoms with Gasteiger partial charge in [-0.15, -0.1) is 0 Å². The van der Waals surface area contributed by atoms with E-state index in [1.165, 1.54) is 6.92 Å². The number of aryl methyl sites for hydroxylation is 1. The van der Waals surface area contributed by atoms with Crippen molar-refractivity contribution in [3.63, 3.8) is 0 Å². The monoisotopic (exact) mass is 409 g/mol. The molecular weight excluding hydrogens is 395 g/mol. The minimum atomic E-state index is -1.74. The number of hydrogen-bond donors (Lipinski definition) is 1. The van der Waals surface area contributed by atoms with E-state index in [-0.39, 0.29) is 29.0 Å². The van der Waals surface area contributed by atoms with Gasteiger partial charge in [-0.2, -0.15) is 0 Å². The second-order valence-corrected chi connectivity index (χ2v) is 5.88. The van der Waals surface area contributed by atoms with Gasteiger partial charge in [-0.05, 0) is 26.0 Å². The van der Waals surface area contributed by atoms with Crippen LogP contribution < -0.4 is 10.9 Å². The van der Waals surface area contributed by atoms with Gasteiger partial charge in [0.2, 0.25) is 11.6 Å². The van der Waals surface area contributed by atoms with Crippen molar-refractivity contribution >= 4 is 28.7 Å². The van der Waals surface area contributed by atoms with Crippen LogP contribution in [0.5, 0.6) is 0 Å². The van der Waals surface area contributed by atoms with Crippen LogP contribution in [0.15, 0.2) is 27.7 Å². The number of hydrogen-bond acceptors (Lipinski definition) is 6. The highest BCUT2D eigenvalue weighted by Crippen LogP contribution is 2.22. The van der Waals surface area contributed by atoms with Gasteiger partial charge in [-0.25, -0.2) is 22.9 Å². The summed E-state index contributed by atoms with van der Waals surface area (Å²) in [6.45, 7) is 2.48. The number of rotatable bonds is 5. The molecule has 0 radical (unpaired) electrons. The molecule has 8 nitrogen and oxygen atoms in total. The summed E-state index contributed by atoms with van der Waals surface area (Å²) in [5.41, 5.74) is -1.59. The van der Waals surface area contributed by atoms with E-state index in [0.717, 1.165) is 17.0 Å². The number of furan rings is 1. The van der Waals surface area contributed by atoms with Crippen LogP contribution in [-0.4, -0.2) is 28.0 Å². The third-order valence-corrected chi connectivity index (χ3v) is 3.96. The zero-order valence-electron chi connectivity index (χ0n) is 15.2. The molecule has 11 heteroatoms. The minimum Gasteiger partial charge on any atom is -0.462 e. The smallest absolute Gasteiger partial charge is 0.342 e. The predicted octanol–water partition coefficient (Wildman–Crippen LogP) is 2.53. The summed E-state index contributed by atoms with van der Waals surface area (Å²) in [4.78, 5) is 40.9. The zero-order chi connectivity index (χ0) is 21.3. The fourth-order valence-corrected chi connectivity index (χ4v) is 2.67. The van der Waals surface area contributed by atoms with Crippen molar-refractivity contribution in [2.45, 2.75) is 20.4 Å². The molecule has 0 bridgehead atoms. The van der Waals surface area contributed by atoms with Crippen LogP contribution in [0.3, 0.4) is 0 Å². The molecule has 3 rings (SSSR count). The Hall–Kier alpha value is -3.63. The van der Waals surface area contributed by atoms with Crippen LogP contribution in [0.2, 0.25) is 0 Å². The maximum Gasteiger partial charge on any atom is 0.342 e. The van der Waals surface area contributed by atoms with Gasteiger partial charge in [-0.3, -0.25) is 14.2 Å². The van der Waals surface area contributed by atoms with Gasteiger partial charge >= 0.3 is 5.97 Å². The Morgan fingerprint density at radius 2 is 1.97 bits per heavy atom. The van der Waals surface area contributed by atoms with Crippen molar-refractivity contribution < 1.29 is 31.9 Å². The summed E-state index contributed by atoms with van der Waals surface area (Å²) in [7, 11) is 0. The Balaban J connectivity index is 1.93. The zero-order valence-corrected chi connectivity index (χ0v) is 15.2. The van der Waals surface area contributed by atoms with E-state index in [4.69, 9.17) is 9.15 Å². The molecule has 0 spiro atoms. The van der Waals surface area contributed by atoms with Gasteiger partial charge in [0.1, 0.15) is 29.6 Å². The molecule has 1 aromatic carbocycles. The molecule has 0 aliphatic carbocycles. The number of anilines is 1. The lowest BCUT2D eigenvalue weighted by atomic mass is 10.2. The number of carbonyl (C=O) groups excluding carboxylic acids is 2. The highest BCUT2D eigenvalue weighted by atomic mass is 19.2. The van der Waals surface area contributed by atoms with Gasteiger partial charge in [0.25, 0.3) is 5.56 Å². The molecule has 0 saturated heterocycles. The number of fused-ring (bicyclic) bond motifs is 1. The molecule has 1 amide bonds. The first-order valence-electron chi connectivity index (χ1n) is 8.33. The minimum absolute atomic E-state index is 0.0710. The van der Waals surface area contributed by atoms with Crippen LogP contribution in [0.25, 0.3) is 11.1 Å². The average molecular weight is 409 g/mol. The Labute approximate surface area is 160 Å². The van der Waals surface area contributed by atoms with Crippen LogP contribution in [0.1, 0.15) is 23.0 Å². The molecule has 2 aromatic heterocycles. The molecule has 29 heavy (non-hydrogen) atoms. The van der Waals surface area contributed by atoms with E-state index in [9.17, 15) is 27.6 Å². The van der Waals surface area contributed by atoms with E-state index in [2.05, 4.69) is 4.98 Å². The fourth-order valence-electron chi connectivity index (χ4n) is 2.67. The Morgan fingerprint density at radius 1 is 1.24 bits per heavy atom. The summed E-state index contributed by atoms with van der Waals surface area (Å²) < 4.78 is 51.0. The summed E-state index contributed by atoms with van der Waals surface area (Å²) in [6.07, 6.45) is 1.00. The summed E-state index contributed by atoms with van der Waals surface area (Å²) >= 11 is 0. The summed E-state index contributed by atoms with van der Waals surface area (Å²) in [6, 6.07) is 1.49. The predicted molar refractivity (Wildman–Crippen MR) is 93.9 cm³/mol. The Morgan fingerprint density at radius 3 is 2.66 bits per heavy atom. The lowest BCUT2D eigenvalue weighted by molar-refractivity contribution is -0.116. The van der Waals surface area contributed by atoms with Crippen LogP contribution in [-0.2, 0) is 16.1 Å². The summed E-state index contributed by atoms with van der Waals surface area (Å²) in [5, 5.41) is 1.87. The van der Waals surface area contributed by atoms with Crippen molar-refractivity contribution in [2.75, 3.05) is 11.9 Å². The molecular formula is C18H14F3N3O5. The largest absolute Gasteiger partial charge is 0.462 e. The number of halogens is 3. The first-order valence-corrected chi connectivity index (χ1v) is 8.33. The second-order valence-electron chi connectivity index (χ2n) is 5.88. The van der Waals surface area contributed by atoms with Gasteiger partial charge < -0.3 is 14.5 Å².